The van der Waals surface area contributed by atoms with Gasteiger partial charge in [-0.05, 0) is 18.6 Å². The minimum Gasteiger partial charge on any atom is -0.380 e. The number of imidazole rings is 1. The normalized spacial score (nSPS) is 10.7. The molecule has 0 radical (unpaired) electrons. The number of benzene rings is 1. The molecule has 0 N–H and O–H groups in total. The average molecular weight is 243 g/mol. The van der Waals surface area contributed by atoms with E-state index in [1.54, 1.807) is 0 Å². The van der Waals surface area contributed by atoms with E-state index in [-0.39, 0.29) is 0 Å². The van der Waals surface area contributed by atoms with Gasteiger partial charge in [-0.3, -0.25) is 0 Å². The topological polar surface area (TPSA) is 50.8 Å². The minimum absolute atomic E-state index is 0.465. The van der Waals surface area contributed by atoms with Crippen molar-refractivity contribution in [1.82, 2.24) is 9.55 Å². The van der Waals surface area contributed by atoms with E-state index in [1.807, 2.05) is 25.2 Å². The highest BCUT2D eigenvalue weighted by atomic mass is 16.5. The van der Waals surface area contributed by atoms with Gasteiger partial charge >= 0.3 is 0 Å². The third kappa shape index (κ3) is 2.88. The fourth-order valence-corrected chi connectivity index (χ4v) is 1.97. The van der Waals surface area contributed by atoms with Crippen molar-refractivity contribution >= 4 is 11.0 Å². The van der Waals surface area contributed by atoms with E-state index in [0.29, 0.717) is 19.6 Å². The van der Waals surface area contributed by atoms with E-state index in [9.17, 15) is 0 Å². The Morgan fingerprint density at radius 1 is 1.33 bits per heavy atom. The Bertz CT molecular complexity index is 554. The zero-order valence-electron chi connectivity index (χ0n) is 10.6. The maximum Gasteiger partial charge on any atom is 0.109 e. The van der Waals surface area contributed by atoms with Crippen LogP contribution in [-0.2, 0) is 18.2 Å². The predicted octanol–water partition coefficient (Wildman–Crippen LogP) is 2.44. The van der Waals surface area contributed by atoms with E-state index < -0.39 is 0 Å². The average Bonchev–Trinajstić information content (AvgIpc) is 2.71. The van der Waals surface area contributed by atoms with E-state index in [0.717, 1.165) is 29.7 Å². The Balaban J connectivity index is 1.88. The molecule has 0 amide bonds. The molecule has 18 heavy (non-hydrogen) atoms. The fourth-order valence-electron chi connectivity index (χ4n) is 1.97. The first-order chi connectivity index (χ1) is 8.83. The van der Waals surface area contributed by atoms with Gasteiger partial charge in [-0.25, -0.2) is 4.98 Å². The van der Waals surface area contributed by atoms with Gasteiger partial charge in [0.25, 0.3) is 0 Å². The van der Waals surface area contributed by atoms with E-state index in [4.69, 9.17) is 10.00 Å². The van der Waals surface area contributed by atoms with Crippen molar-refractivity contribution in [3.05, 3.63) is 30.1 Å². The number of hydrogen-bond acceptors (Lipinski definition) is 3. The van der Waals surface area contributed by atoms with Crippen LogP contribution in [0, 0.1) is 11.3 Å². The summed E-state index contributed by atoms with van der Waals surface area (Å²) in [6, 6.07) is 10.2. The highest BCUT2D eigenvalue weighted by Gasteiger charge is 2.06. The number of aryl methyl sites for hydroxylation is 2. The van der Waals surface area contributed by atoms with Crippen LogP contribution < -0.4 is 0 Å². The first kappa shape index (κ1) is 12.6. The third-order valence-electron chi connectivity index (χ3n) is 2.93. The van der Waals surface area contributed by atoms with Gasteiger partial charge in [0.05, 0.1) is 30.1 Å². The van der Waals surface area contributed by atoms with Gasteiger partial charge in [0.15, 0.2) is 0 Å². The second-order valence-corrected chi connectivity index (χ2v) is 4.20. The monoisotopic (exact) mass is 243 g/mol. The van der Waals surface area contributed by atoms with Crippen LogP contribution in [0.2, 0.25) is 0 Å². The second-order valence-electron chi connectivity index (χ2n) is 4.20. The lowest BCUT2D eigenvalue weighted by molar-refractivity contribution is 0.137. The molecule has 0 aliphatic rings. The van der Waals surface area contributed by atoms with E-state index in [2.05, 4.69) is 21.7 Å². The molecule has 1 aromatic heterocycles. The molecule has 4 heteroatoms. The molecule has 2 aromatic rings. The van der Waals surface area contributed by atoms with Gasteiger partial charge in [-0.15, -0.1) is 0 Å². The summed E-state index contributed by atoms with van der Waals surface area (Å²) in [5.74, 6) is 1.08. The smallest absolute Gasteiger partial charge is 0.109 e. The van der Waals surface area contributed by atoms with Crippen LogP contribution in [0.4, 0.5) is 0 Å². The van der Waals surface area contributed by atoms with Crippen LogP contribution in [0.15, 0.2) is 24.3 Å². The van der Waals surface area contributed by atoms with Crippen molar-refractivity contribution in [2.24, 2.45) is 7.05 Å². The molecule has 0 fully saturated rings. The molecule has 0 unspecified atom stereocenters. The lowest BCUT2D eigenvalue weighted by Crippen LogP contribution is -2.02. The van der Waals surface area contributed by atoms with E-state index in [1.165, 1.54) is 0 Å². The number of nitrogens with zero attached hydrogens (tertiary/aromatic N) is 3. The molecular weight excluding hydrogens is 226 g/mol. The third-order valence-corrected chi connectivity index (χ3v) is 2.93. The fraction of sp³-hybridized carbons (Fsp3) is 0.429. The predicted molar refractivity (Wildman–Crippen MR) is 70.1 cm³/mol. The summed E-state index contributed by atoms with van der Waals surface area (Å²) in [7, 11) is 2.04. The number of rotatable bonds is 6. The summed E-state index contributed by atoms with van der Waals surface area (Å²) in [5.41, 5.74) is 2.21. The molecule has 1 aromatic carbocycles. The SMILES string of the molecule is Cn1c(CCCOCCC#N)nc2ccccc21. The molecule has 0 bridgehead atoms. The Labute approximate surface area is 107 Å². The minimum atomic E-state index is 0.465. The van der Waals surface area contributed by atoms with Gasteiger partial charge in [0, 0.05) is 20.1 Å². The summed E-state index contributed by atoms with van der Waals surface area (Å²) in [5, 5.41) is 8.37. The second kappa shape index (κ2) is 6.18. The van der Waals surface area contributed by atoms with Gasteiger partial charge < -0.3 is 9.30 Å². The van der Waals surface area contributed by atoms with Crippen molar-refractivity contribution in [2.75, 3.05) is 13.2 Å². The first-order valence-corrected chi connectivity index (χ1v) is 6.18. The van der Waals surface area contributed by atoms with Crippen LogP contribution in [0.1, 0.15) is 18.7 Å². The van der Waals surface area contributed by atoms with Crippen molar-refractivity contribution in [2.45, 2.75) is 19.3 Å². The highest BCUT2D eigenvalue weighted by molar-refractivity contribution is 5.75. The van der Waals surface area contributed by atoms with Crippen molar-refractivity contribution < 1.29 is 4.74 Å². The molecule has 1 heterocycles. The molecule has 0 spiro atoms. The molecule has 0 aliphatic heterocycles. The standard InChI is InChI=1S/C14H17N3O/c1-17-13-7-3-2-6-12(13)16-14(17)8-4-10-18-11-5-9-15/h2-3,6-7H,4-5,8,10-11H2,1H3. The van der Waals surface area contributed by atoms with Gasteiger partial charge in [0.1, 0.15) is 5.82 Å². The summed E-state index contributed by atoms with van der Waals surface area (Å²) in [6.45, 7) is 1.21. The van der Waals surface area contributed by atoms with Crippen molar-refractivity contribution in [1.29, 1.82) is 5.26 Å². The van der Waals surface area contributed by atoms with Crippen molar-refractivity contribution in [3.8, 4) is 6.07 Å². The molecule has 0 saturated heterocycles. The zero-order valence-corrected chi connectivity index (χ0v) is 10.6. The lowest BCUT2D eigenvalue weighted by Gasteiger charge is -2.03. The number of fused-ring (bicyclic) bond motifs is 1. The Kier molecular flexibility index (Phi) is 4.32. The zero-order chi connectivity index (χ0) is 12.8. The molecule has 0 aliphatic carbocycles. The molecule has 0 saturated carbocycles. The molecule has 94 valence electrons. The Morgan fingerprint density at radius 3 is 2.94 bits per heavy atom. The lowest BCUT2D eigenvalue weighted by atomic mass is 10.3. The maximum absolute atomic E-state index is 8.37. The van der Waals surface area contributed by atoms with Crippen LogP contribution in [0.3, 0.4) is 0 Å². The number of ether oxygens (including phenoxy) is 1. The molecule has 2 rings (SSSR count). The van der Waals surface area contributed by atoms with Gasteiger partial charge in [0.2, 0.25) is 0 Å². The quantitative estimate of drug-likeness (QED) is 0.732. The van der Waals surface area contributed by atoms with E-state index >= 15 is 0 Å². The molecular formula is C14H17N3O. The summed E-state index contributed by atoms with van der Waals surface area (Å²) in [4.78, 5) is 4.60. The van der Waals surface area contributed by atoms with Crippen LogP contribution in [0.5, 0.6) is 0 Å². The number of aromatic nitrogens is 2. The number of hydrogen-bond donors (Lipinski definition) is 0. The summed E-state index contributed by atoms with van der Waals surface area (Å²) in [6.07, 6.45) is 2.30. The van der Waals surface area contributed by atoms with Crippen LogP contribution in [-0.4, -0.2) is 22.8 Å². The summed E-state index contributed by atoms with van der Waals surface area (Å²) >= 11 is 0. The molecule has 4 nitrogen and oxygen atoms in total. The van der Waals surface area contributed by atoms with Gasteiger partial charge in [-0.1, -0.05) is 12.1 Å². The largest absolute Gasteiger partial charge is 0.380 e. The highest BCUT2D eigenvalue weighted by Crippen LogP contribution is 2.15. The Morgan fingerprint density at radius 2 is 2.17 bits per heavy atom. The maximum atomic E-state index is 8.37. The van der Waals surface area contributed by atoms with Gasteiger partial charge in [-0.2, -0.15) is 5.26 Å². The number of nitriles is 1. The Hall–Kier alpha value is -1.86. The number of para-hydroxylation sites is 2. The van der Waals surface area contributed by atoms with Crippen LogP contribution in [0.25, 0.3) is 11.0 Å². The summed E-state index contributed by atoms with van der Waals surface area (Å²) < 4.78 is 7.48. The van der Waals surface area contributed by atoms with Crippen molar-refractivity contribution in [3.63, 3.8) is 0 Å². The molecule has 0 atom stereocenters. The first-order valence-electron chi connectivity index (χ1n) is 6.18. The van der Waals surface area contributed by atoms with Crippen LogP contribution >= 0.6 is 0 Å².